The van der Waals surface area contributed by atoms with Gasteiger partial charge in [-0.15, -0.1) is 21.5 Å². The van der Waals surface area contributed by atoms with Gasteiger partial charge in [0, 0.05) is 18.1 Å². The normalized spacial score (nSPS) is 11.4. The molecule has 6 nitrogen and oxygen atoms in total. The smallest absolute Gasteiger partial charge is 0.230 e. The average molecular weight is 456 g/mol. The molecule has 150 valence electrons. The van der Waals surface area contributed by atoms with Gasteiger partial charge in [0.1, 0.15) is 5.82 Å². The number of hydrogen-bond acceptors (Lipinski definition) is 7. The molecule has 1 amide bonds. The molecule has 0 saturated carbocycles. The minimum absolute atomic E-state index is 0.197. The molecule has 30 heavy (non-hydrogen) atoms. The molecule has 0 aliphatic rings. The summed E-state index contributed by atoms with van der Waals surface area (Å²) in [6.07, 6.45) is 0. The van der Waals surface area contributed by atoms with Crippen LogP contribution in [0.3, 0.4) is 0 Å². The fourth-order valence-electron chi connectivity index (χ4n) is 3.09. The number of thiazole rings is 2. The van der Waals surface area contributed by atoms with E-state index in [1.807, 2.05) is 28.0 Å². The first-order chi connectivity index (χ1) is 14.6. The molecule has 0 fully saturated rings. The first-order valence-corrected chi connectivity index (χ1v) is 11.6. The second kappa shape index (κ2) is 7.78. The van der Waals surface area contributed by atoms with Gasteiger partial charge in [-0.05, 0) is 24.3 Å². The van der Waals surface area contributed by atoms with Crippen LogP contribution in [0.25, 0.3) is 15.2 Å². The van der Waals surface area contributed by atoms with Gasteiger partial charge in [-0.25, -0.2) is 9.37 Å². The van der Waals surface area contributed by atoms with Crippen molar-refractivity contribution in [3.05, 3.63) is 65.4 Å². The molecule has 0 aliphatic carbocycles. The number of amides is 1. The Morgan fingerprint density at radius 1 is 1.17 bits per heavy atom. The standard InChI is InChI=1S/C20H14FN5OS3/c1-12(27)25(15-7-3-2-6-14(15)21)18-22-13(10-28-18)11-29-19-23-24-20-26(19)16-8-4-5-9-17(16)30-20/h2-10H,11H2,1H3. The van der Waals surface area contributed by atoms with Gasteiger partial charge < -0.3 is 0 Å². The molecule has 0 aliphatic heterocycles. The number of rotatable bonds is 5. The van der Waals surface area contributed by atoms with Crippen molar-refractivity contribution in [3.63, 3.8) is 0 Å². The molecular weight excluding hydrogens is 441 g/mol. The second-order valence-corrected chi connectivity index (χ2v) is 9.17. The lowest BCUT2D eigenvalue weighted by atomic mass is 10.3. The Morgan fingerprint density at radius 3 is 2.80 bits per heavy atom. The fourth-order valence-corrected chi connectivity index (χ4v) is 5.94. The zero-order chi connectivity index (χ0) is 20.7. The van der Waals surface area contributed by atoms with Crippen molar-refractivity contribution in [3.8, 4) is 0 Å². The van der Waals surface area contributed by atoms with Crippen LogP contribution in [-0.4, -0.2) is 25.5 Å². The number of para-hydroxylation sites is 2. The molecule has 0 bridgehead atoms. The molecule has 0 saturated heterocycles. The molecule has 0 unspecified atom stereocenters. The van der Waals surface area contributed by atoms with Crippen LogP contribution in [0.5, 0.6) is 0 Å². The minimum atomic E-state index is -0.464. The van der Waals surface area contributed by atoms with Gasteiger partial charge in [0.15, 0.2) is 10.3 Å². The molecule has 0 spiro atoms. The van der Waals surface area contributed by atoms with Gasteiger partial charge in [0.25, 0.3) is 0 Å². The van der Waals surface area contributed by atoms with Crippen molar-refractivity contribution in [2.75, 3.05) is 4.90 Å². The molecule has 0 N–H and O–H groups in total. The molecule has 3 heterocycles. The highest BCUT2D eigenvalue weighted by Gasteiger charge is 2.21. The van der Waals surface area contributed by atoms with Crippen molar-refractivity contribution in [1.82, 2.24) is 19.6 Å². The van der Waals surface area contributed by atoms with Crippen molar-refractivity contribution in [2.24, 2.45) is 0 Å². The van der Waals surface area contributed by atoms with Crippen LogP contribution < -0.4 is 4.90 Å². The summed E-state index contributed by atoms with van der Waals surface area (Å²) in [4.78, 5) is 18.9. The predicted octanol–water partition coefficient (Wildman–Crippen LogP) is 5.52. The Balaban J connectivity index is 1.41. The SMILES string of the molecule is CC(=O)N(c1nc(CSc2nnc3sc4ccccc4n23)cs1)c1ccccc1F. The van der Waals surface area contributed by atoms with E-state index in [-0.39, 0.29) is 11.6 Å². The Morgan fingerprint density at radius 2 is 1.97 bits per heavy atom. The van der Waals surface area contributed by atoms with Crippen LogP contribution in [0.4, 0.5) is 15.2 Å². The second-order valence-electron chi connectivity index (χ2n) is 6.39. The Labute approximate surface area is 183 Å². The molecule has 0 radical (unpaired) electrons. The minimum Gasteiger partial charge on any atom is -0.274 e. The lowest BCUT2D eigenvalue weighted by Gasteiger charge is -2.18. The molecule has 2 aromatic carbocycles. The number of fused-ring (bicyclic) bond motifs is 3. The maximum absolute atomic E-state index is 14.2. The van der Waals surface area contributed by atoms with E-state index < -0.39 is 5.82 Å². The van der Waals surface area contributed by atoms with E-state index >= 15 is 0 Å². The van der Waals surface area contributed by atoms with Crippen molar-refractivity contribution in [1.29, 1.82) is 0 Å². The van der Waals surface area contributed by atoms with Crippen LogP contribution in [0, 0.1) is 5.82 Å². The quantitative estimate of drug-likeness (QED) is 0.327. The first kappa shape index (κ1) is 19.2. The molecular formula is C20H14FN5OS3. The van der Waals surface area contributed by atoms with Gasteiger partial charge in [-0.1, -0.05) is 47.4 Å². The van der Waals surface area contributed by atoms with Gasteiger partial charge in [0.05, 0.1) is 21.6 Å². The van der Waals surface area contributed by atoms with Crippen molar-refractivity contribution >= 4 is 66.3 Å². The lowest BCUT2D eigenvalue weighted by Crippen LogP contribution is -2.23. The third kappa shape index (κ3) is 3.36. The van der Waals surface area contributed by atoms with E-state index in [2.05, 4.69) is 21.2 Å². The molecule has 0 atom stereocenters. The van der Waals surface area contributed by atoms with E-state index in [1.165, 1.54) is 41.0 Å². The summed E-state index contributed by atoms with van der Waals surface area (Å²) in [6, 6.07) is 14.3. The van der Waals surface area contributed by atoms with Crippen LogP contribution in [0.2, 0.25) is 0 Å². The maximum atomic E-state index is 14.2. The number of aromatic nitrogens is 4. The highest BCUT2D eigenvalue weighted by Crippen LogP contribution is 2.34. The number of carbonyl (C=O) groups is 1. The highest BCUT2D eigenvalue weighted by molar-refractivity contribution is 7.98. The predicted molar refractivity (Wildman–Crippen MR) is 119 cm³/mol. The van der Waals surface area contributed by atoms with Crippen molar-refractivity contribution in [2.45, 2.75) is 17.8 Å². The largest absolute Gasteiger partial charge is 0.274 e. The molecule has 10 heteroatoms. The zero-order valence-electron chi connectivity index (χ0n) is 15.7. The third-order valence-corrected chi connectivity index (χ3v) is 7.25. The summed E-state index contributed by atoms with van der Waals surface area (Å²) in [5.41, 5.74) is 2.06. The van der Waals surface area contributed by atoms with Crippen LogP contribution in [0.15, 0.2) is 59.1 Å². The van der Waals surface area contributed by atoms with Gasteiger partial charge in [-0.3, -0.25) is 14.1 Å². The van der Waals surface area contributed by atoms with Crippen molar-refractivity contribution < 1.29 is 9.18 Å². The third-order valence-electron chi connectivity index (χ3n) is 4.40. The average Bonchev–Trinajstić information content (AvgIpc) is 3.43. The molecule has 3 aromatic heterocycles. The van der Waals surface area contributed by atoms with Gasteiger partial charge in [-0.2, -0.15) is 0 Å². The van der Waals surface area contributed by atoms with E-state index in [4.69, 9.17) is 0 Å². The number of benzene rings is 2. The lowest BCUT2D eigenvalue weighted by molar-refractivity contribution is -0.115. The highest BCUT2D eigenvalue weighted by atomic mass is 32.2. The van der Waals surface area contributed by atoms with E-state index in [9.17, 15) is 9.18 Å². The number of thioether (sulfide) groups is 1. The number of carbonyl (C=O) groups excluding carboxylic acids is 1. The number of halogens is 1. The summed E-state index contributed by atoms with van der Waals surface area (Å²) in [7, 11) is 0. The molecule has 5 rings (SSSR count). The monoisotopic (exact) mass is 455 g/mol. The summed E-state index contributed by atoms with van der Waals surface area (Å²) < 4.78 is 17.4. The van der Waals surface area contributed by atoms with Gasteiger partial charge >= 0.3 is 0 Å². The van der Waals surface area contributed by atoms with Crippen LogP contribution in [0.1, 0.15) is 12.6 Å². The van der Waals surface area contributed by atoms with E-state index in [1.54, 1.807) is 29.5 Å². The number of hydrogen-bond donors (Lipinski definition) is 0. The summed E-state index contributed by atoms with van der Waals surface area (Å²) in [6.45, 7) is 1.40. The van der Waals surface area contributed by atoms with E-state index in [0.717, 1.165) is 26.0 Å². The van der Waals surface area contributed by atoms with Gasteiger partial charge in [0.2, 0.25) is 10.9 Å². The Kier molecular flexibility index (Phi) is 4.97. The van der Waals surface area contributed by atoms with Crippen LogP contribution >= 0.6 is 34.4 Å². The zero-order valence-corrected chi connectivity index (χ0v) is 18.1. The summed E-state index contributed by atoms with van der Waals surface area (Å²) in [5.74, 6) is -0.198. The van der Waals surface area contributed by atoms with E-state index in [0.29, 0.717) is 10.9 Å². The number of anilines is 2. The Bertz CT molecular complexity index is 1380. The first-order valence-electron chi connectivity index (χ1n) is 8.97. The summed E-state index contributed by atoms with van der Waals surface area (Å²) >= 11 is 4.43. The number of nitrogens with zero attached hydrogens (tertiary/aromatic N) is 5. The fraction of sp³-hybridized carbons (Fsp3) is 0.100. The topological polar surface area (TPSA) is 63.4 Å². The Hall–Kier alpha value is -2.82. The molecule has 5 aromatic rings. The summed E-state index contributed by atoms with van der Waals surface area (Å²) in [5, 5.41) is 11.7. The maximum Gasteiger partial charge on any atom is 0.230 e. The van der Waals surface area contributed by atoms with Crippen LogP contribution in [-0.2, 0) is 10.5 Å².